The third-order valence-electron chi connectivity index (χ3n) is 3.55. The number of rotatable bonds is 10. The minimum absolute atomic E-state index is 0.334. The molecule has 0 aliphatic rings. The second-order valence-electron chi connectivity index (χ2n) is 5.62. The Kier molecular flexibility index (Phi) is 7.62. The number of ether oxygens (including phenoxy) is 1. The molecule has 2 N–H and O–H groups in total. The first-order valence-electron chi connectivity index (χ1n) is 8.66. The van der Waals surface area contributed by atoms with E-state index in [-0.39, 0.29) is 0 Å². The zero-order valence-corrected chi connectivity index (χ0v) is 14.9. The maximum atomic E-state index is 5.75. The highest BCUT2D eigenvalue weighted by Crippen LogP contribution is 2.17. The first kappa shape index (κ1) is 18.6. The van der Waals surface area contributed by atoms with Gasteiger partial charge in [0.15, 0.2) is 0 Å². The zero-order chi connectivity index (χ0) is 17.9. The maximum Gasteiger partial charge on any atom is 0.318 e. The van der Waals surface area contributed by atoms with Crippen LogP contribution in [0, 0.1) is 0 Å². The van der Waals surface area contributed by atoms with Crippen molar-refractivity contribution in [3.05, 3.63) is 41.9 Å². The van der Waals surface area contributed by atoms with Crippen LogP contribution in [0.25, 0.3) is 0 Å². The molecule has 0 amide bonds. The molecule has 0 aliphatic carbocycles. The summed E-state index contributed by atoms with van der Waals surface area (Å²) in [5.41, 5.74) is 1.61. The van der Waals surface area contributed by atoms with Gasteiger partial charge in [0.2, 0.25) is 0 Å². The molecule has 0 bridgehead atoms. The van der Waals surface area contributed by atoms with Gasteiger partial charge < -0.3 is 15.5 Å². The number of hydrogen-bond acceptors (Lipinski definition) is 7. The van der Waals surface area contributed by atoms with E-state index in [0.717, 1.165) is 37.4 Å². The van der Waals surface area contributed by atoms with E-state index in [1.54, 1.807) is 6.20 Å². The summed E-state index contributed by atoms with van der Waals surface area (Å²) in [6, 6.07) is 8.04. The van der Waals surface area contributed by atoms with Crippen LogP contribution in [0.2, 0.25) is 0 Å². The van der Waals surface area contributed by atoms with Gasteiger partial charge in [-0.2, -0.15) is 15.1 Å². The van der Waals surface area contributed by atoms with Gasteiger partial charge in [-0.3, -0.25) is 4.98 Å². The van der Waals surface area contributed by atoms with E-state index in [1.165, 1.54) is 6.21 Å². The van der Waals surface area contributed by atoms with Crippen LogP contribution < -0.4 is 15.5 Å². The highest BCUT2D eigenvalue weighted by atomic mass is 16.5. The Morgan fingerprint density at radius 3 is 2.64 bits per heavy atom. The number of nitrogens with zero attached hydrogens (tertiary/aromatic N) is 5. The van der Waals surface area contributed by atoms with Gasteiger partial charge in [0, 0.05) is 37.5 Å². The Morgan fingerprint density at radius 1 is 1.20 bits per heavy atom. The quantitative estimate of drug-likeness (QED) is 0.405. The highest BCUT2D eigenvalue weighted by Gasteiger charge is 2.11. The van der Waals surface area contributed by atoms with E-state index in [9.17, 15) is 0 Å². The number of hydrogen-bond donors (Lipinski definition) is 1. The Morgan fingerprint density at radius 2 is 2.00 bits per heavy atom. The third kappa shape index (κ3) is 6.02. The summed E-state index contributed by atoms with van der Waals surface area (Å²) in [6.07, 6.45) is 6.06. The van der Waals surface area contributed by atoms with E-state index < -0.39 is 0 Å². The van der Waals surface area contributed by atoms with Gasteiger partial charge in [0.25, 0.3) is 0 Å². The topological polar surface area (TPSA) is 89.5 Å². The molecule has 0 atom stereocenters. The molecule has 7 heteroatoms. The van der Waals surface area contributed by atoms with Gasteiger partial charge in [-0.1, -0.05) is 19.9 Å². The number of anilines is 1. The number of aromatic nitrogens is 3. The summed E-state index contributed by atoms with van der Waals surface area (Å²) in [5.74, 6) is 6.11. The van der Waals surface area contributed by atoms with Gasteiger partial charge in [-0.25, -0.2) is 0 Å². The van der Waals surface area contributed by atoms with Gasteiger partial charge in [0.1, 0.15) is 5.82 Å². The summed E-state index contributed by atoms with van der Waals surface area (Å²) in [4.78, 5) is 15.4. The van der Waals surface area contributed by atoms with Crippen molar-refractivity contribution in [3.8, 4) is 6.01 Å². The summed E-state index contributed by atoms with van der Waals surface area (Å²) < 4.78 is 5.75. The van der Waals surface area contributed by atoms with Crippen molar-refractivity contribution < 1.29 is 4.74 Å². The normalized spacial score (nSPS) is 11.0. The molecule has 2 rings (SSSR count). The SMILES string of the molecule is CCCN(CCC)c1cc(/C=N/N)nc(OCCc2ccccn2)n1. The van der Waals surface area contributed by atoms with Crippen LogP contribution in [0.3, 0.4) is 0 Å². The minimum Gasteiger partial charge on any atom is -0.463 e. The van der Waals surface area contributed by atoms with Gasteiger partial charge in [-0.15, -0.1) is 0 Å². The molecule has 0 spiro atoms. The Balaban J connectivity index is 2.12. The molecule has 7 nitrogen and oxygen atoms in total. The highest BCUT2D eigenvalue weighted by molar-refractivity contribution is 5.78. The van der Waals surface area contributed by atoms with Gasteiger partial charge >= 0.3 is 6.01 Å². The second kappa shape index (κ2) is 10.2. The molecule has 2 aromatic rings. The monoisotopic (exact) mass is 342 g/mol. The fourth-order valence-electron chi connectivity index (χ4n) is 2.47. The summed E-state index contributed by atoms with van der Waals surface area (Å²) in [7, 11) is 0. The molecule has 0 radical (unpaired) electrons. The van der Waals surface area contributed by atoms with E-state index >= 15 is 0 Å². The summed E-state index contributed by atoms with van der Waals surface area (Å²) >= 11 is 0. The molecular formula is C18H26N6O. The Hall–Kier alpha value is -2.70. The van der Waals surface area contributed by atoms with Gasteiger partial charge in [0.05, 0.1) is 18.5 Å². The summed E-state index contributed by atoms with van der Waals surface area (Å²) in [6.45, 7) is 6.61. The lowest BCUT2D eigenvalue weighted by Crippen LogP contribution is -2.26. The molecule has 2 aromatic heterocycles. The van der Waals surface area contributed by atoms with Crippen LogP contribution in [0.15, 0.2) is 35.6 Å². The van der Waals surface area contributed by atoms with Crippen molar-refractivity contribution in [2.45, 2.75) is 33.1 Å². The van der Waals surface area contributed by atoms with Crippen molar-refractivity contribution in [2.24, 2.45) is 10.9 Å². The number of pyridine rings is 1. The lowest BCUT2D eigenvalue weighted by atomic mass is 10.3. The second-order valence-corrected chi connectivity index (χ2v) is 5.62. The molecular weight excluding hydrogens is 316 g/mol. The minimum atomic E-state index is 0.334. The number of nitrogens with two attached hydrogens (primary N) is 1. The van der Waals surface area contributed by atoms with Crippen LogP contribution in [-0.2, 0) is 6.42 Å². The molecule has 0 saturated carbocycles. The molecule has 25 heavy (non-hydrogen) atoms. The largest absolute Gasteiger partial charge is 0.463 e. The summed E-state index contributed by atoms with van der Waals surface area (Å²) in [5, 5.41) is 3.57. The molecule has 0 aliphatic heterocycles. The van der Waals surface area contributed by atoms with E-state index in [0.29, 0.717) is 24.7 Å². The van der Waals surface area contributed by atoms with E-state index in [1.807, 2.05) is 24.3 Å². The maximum absolute atomic E-state index is 5.75. The average molecular weight is 342 g/mol. The predicted molar refractivity (Wildman–Crippen MR) is 100 cm³/mol. The zero-order valence-electron chi connectivity index (χ0n) is 14.9. The molecule has 134 valence electrons. The van der Waals surface area contributed by atoms with E-state index in [4.69, 9.17) is 10.6 Å². The molecule has 0 fully saturated rings. The van der Waals surface area contributed by atoms with Crippen LogP contribution >= 0.6 is 0 Å². The van der Waals surface area contributed by atoms with Crippen LogP contribution in [0.4, 0.5) is 5.82 Å². The van der Waals surface area contributed by atoms with Crippen LogP contribution in [0.5, 0.6) is 6.01 Å². The molecule has 0 unspecified atom stereocenters. The van der Waals surface area contributed by atoms with Crippen molar-refractivity contribution in [1.29, 1.82) is 0 Å². The average Bonchev–Trinajstić information content (AvgIpc) is 2.62. The van der Waals surface area contributed by atoms with Crippen molar-refractivity contribution in [3.63, 3.8) is 0 Å². The Labute approximate surface area is 149 Å². The first-order valence-corrected chi connectivity index (χ1v) is 8.66. The standard InChI is InChI=1S/C18H26N6O/c1-3-10-24(11-4-2)17-13-16(14-21-19)22-18(23-17)25-12-8-15-7-5-6-9-20-15/h5-7,9,13-14H,3-4,8,10-12,19H2,1-2H3/b21-14+. The van der Waals surface area contributed by atoms with Crippen molar-refractivity contribution in [2.75, 3.05) is 24.6 Å². The van der Waals surface area contributed by atoms with Crippen molar-refractivity contribution >= 4 is 12.0 Å². The number of hydrazone groups is 1. The smallest absolute Gasteiger partial charge is 0.318 e. The first-order chi connectivity index (χ1) is 12.3. The fourth-order valence-corrected chi connectivity index (χ4v) is 2.47. The molecule has 0 aromatic carbocycles. The van der Waals surface area contributed by atoms with E-state index in [2.05, 4.69) is 38.8 Å². The molecule has 0 saturated heterocycles. The lowest BCUT2D eigenvalue weighted by molar-refractivity contribution is 0.295. The van der Waals surface area contributed by atoms with Crippen LogP contribution in [-0.4, -0.2) is 40.9 Å². The Bertz CT molecular complexity index is 656. The third-order valence-corrected chi connectivity index (χ3v) is 3.55. The van der Waals surface area contributed by atoms with Crippen molar-refractivity contribution in [1.82, 2.24) is 15.0 Å². The van der Waals surface area contributed by atoms with Crippen LogP contribution in [0.1, 0.15) is 38.1 Å². The lowest BCUT2D eigenvalue weighted by Gasteiger charge is -2.23. The predicted octanol–water partition coefficient (Wildman–Crippen LogP) is 2.41. The molecule has 2 heterocycles. The fraction of sp³-hybridized carbons (Fsp3) is 0.444. The van der Waals surface area contributed by atoms with Gasteiger partial charge in [-0.05, 0) is 25.0 Å².